The van der Waals surface area contributed by atoms with Crippen LogP contribution in [0.3, 0.4) is 0 Å². The molecule has 0 bridgehead atoms. The van der Waals surface area contributed by atoms with Crippen molar-refractivity contribution in [3.8, 4) is 41.8 Å². The molecule has 12 rings (SSSR count). The summed E-state index contributed by atoms with van der Waals surface area (Å²) < 4.78 is 0. The van der Waals surface area contributed by atoms with E-state index in [4.69, 9.17) is 0 Å². The van der Waals surface area contributed by atoms with Gasteiger partial charge in [-0.3, -0.25) is 38.4 Å². The Morgan fingerprint density at radius 3 is 0.815 bits per heavy atom. The Morgan fingerprint density at radius 2 is 0.615 bits per heavy atom. The first-order chi connectivity index (χ1) is 62.4. The Balaban J connectivity index is 0.000000202. The van der Waals surface area contributed by atoms with E-state index in [-0.39, 0.29) is 134 Å². The first-order valence-corrected chi connectivity index (χ1v) is 50.8. The molecule has 4 saturated heterocycles. The van der Waals surface area contributed by atoms with Crippen molar-refractivity contribution >= 4 is 116 Å². The van der Waals surface area contributed by atoms with E-state index in [9.17, 15) is 43.5 Å². The summed E-state index contributed by atoms with van der Waals surface area (Å²) in [5.74, 6) is 1.81. The molecule has 0 spiro atoms. The van der Waals surface area contributed by atoms with Crippen molar-refractivity contribution in [2.45, 2.75) is 350 Å². The average Bonchev–Trinajstić information content (AvgIpc) is 1.65. The van der Waals surface area contributed by atoms with Crippen LogP contribution in [0.4, 0.5) is 23.3 Å². The number of likely N-dealkylation sites (tertiary alicyclic amines) is 4. The molecule has 4 aliphatic rings. The summed E-state index contributed by atoms with van der Waals surface area (Å²) in [5.41, 5.74) is 6.77. The van der Waals surface area contributed by atoms with Gasteiger partial charge >= 0.3 is 0 Å². The zero-order valence-corrected chi connectivity index (χ0v) is 89.9. The van der Waals surface area contributed by atoms with Crippen molar-refractivity contribution in [3.05, 3.63) is 114 Å². The average molecular weight is 1930 g/mol. The molecule has 0 radical (unpaired) electrons. The normalized spacial score (nSPS) is 17.3. The molecule has 12 heterocycles. The van der Waals surface area contributed by atoms with Crippen LogP contribution in [-0.4, -0.2) is 227 Å². The molecular weight excluding hydrogens is 1780 g/mol. The lowest BCUT2D eigenvalue weighted by molar-refractivity contribution is 0.0367. The summed E-state index contributed by atoms with van der Waals surface area (Å²) in [7, 11) is 1.63. The van der Waals surface area contributed by atoms with E-state index in [1.807, 2.05) is 99.3 Å². The zero-order valence-electron chi connectivity index (χ0n) is 86.6. The molecule has 29 nitrogen and oxygen atoms in total. The van der Waals surface area contributed by atoms with E-state index in [0.717, 1.165) is 119 Å². The van der Waals surface area contributed by atoms with Crippen molar-refractivity contribution < 1.29 is 43.5 Å². The van der Waals surface area contributed by atoms with Gasteiger partial charge in [0.2, 0.25) is 0 Å². The summed E-state index contributed by atoms with van der Waals surface area (Å²) in [5, 5.41) is 33.9. The molecule has 0 saturated carbocycles. The van der Waals surface area contributed by atoms with Crippen molar-refractivity contribution in [1.82, 2.24) is 80.3 Å². The van der Waals surface area contributed by atoms with E-state index in [1.165, 1.54) is 50.2 Å². The molecule has 4 aliphatic heterocycles. The number of hydrogen-bond acceptors (Lipinski definition) is 25. The second-order valence-corrected chi connectivity index (χ2v) is 48.4. The van der Waals surface area contributed by atoms with Crippen LogP contribution in [0.5, 0.6) is 0 Å². The number of aryl methyl sites for hydroxylation is 4. The van der Waals surface area contributed by atoms with E-state index in [2.05, 4.69) is 236 Å². The minimum atomic E-state index is -1.04. The number of nitrogens with one attached hydrogen (secondary N) is 7. The third-order valence-electron chi connectivity index (χ3n) is 24.4. The fraction of sp³-hybridized carbons (Fsp3) is 0.608. The molecule has 7 atom stereocenters. The van der Waals surface area contributed by atoms with Gasteiger partial charge in [0.05, 0.1) is 25.1 Å². The van der Waals surface area contributed by atoms with Gasteiger partial charge < -0.3 is 66.8 Å². The molecule has 8 aromatic rings. The van der Waals surface area contributed by atoms with Crippen molar-refractivity contribution in [1.29, 1.82) is 0 Å². The fourth-order valence-corrected chi connectivity index (χ4v) is 19.9. The third kappa shape index (κ3) is 29.3. The Kier molecular flexibility index (Phi) is 35.3. The number of hydrogen-bond donors (Lipinski definition) is 8. The van der Waals surface area contributed by atoms with Crippen LogP contribution >= 0.6 is 45.3 Å². The summed E-state index contributed by atoms with van der Waals surface area (Å²) in [6, 6.07) is 8.45. The minimum Gasteiger partial charge on any atom is -0.389 e. The summed E-state index contributed by atoms with van der Waals surface area (Å²) in [4.78, 5) is 155. The van der Waals surface area contributed by atoms with E-state index >= 15 is 0 Å². The molecule has 0 aromatic carbocycles. The van der Waals surface area contributed by atoms with Gasteiger partial charge in [-0.05, 0) is 288 Å². The Morgan fingerprint density at radius 1 is 0.385 bits per heavy atom. The maximum Gasteiger partial charge on any atom is 0.282 e. The largest absolute Gasteiger partial charge is 0.389 e. The lowest BCUT2D eigenvalue weighted by Gasteiger charge is -2.27. The summed E-state index contributed by atoms with van der Waals surface area (Å²) >= 11 is 5.00. The Hall–Kier alpha value is -9.96. The summed E-state index contributed by atoms with van der Waals surface area (Å²) in [6.45, 7) is 70.0. The first kappa shape index (κ1) is 109. The van der Waals surface area contributed by atoms with Gasteiger partial charge in [0, 0.05) is 151 Å². The third-order valence-corrected chi connectivity index (χ3v) is 28.7. The highest BCUT2D eigenvalue weighted by Crippen LogP contribution is 2.42. The standard InChI is InChI=1S/2C26H39N5O2S.C25H37N5O3S.C25H37N5O2S/c2*1-15-13-19(30-26(7,8)9)27-14-18(15)21-20(24(33)31-12-10-11-16(31)2)29-23(34-21)22(32)28-17(3)25(4,5)6;1-15-12-18(28-24(3,4)5)26-13-17(15)20-19(22(31)30-11-9-10-16(30)2)27-21(34-20)23(32)29(8)14-25(6,7)33;1-14(2)17(5)27-22(31)23-28-20(24(32)30-11-9-10-16(30)4)21(33-23)18-13-26-19(12-15(18)3)29-25(6,7)8/h2*13-14,16-17H,10-12H2,1-9H3,(H,27,30)(H,28,32);12-13,16,33H,9-11,14H2,1-8H3,(H,26,28);12-14,16-17H,9-11H2,1-8H3,(H,26,29)(H,27,31)/t16-,17+;16-,17-;16-;16-,17+/m0000/s1. The van der Waals surface area contributed by atoms with Crippen LogP contribution in [0, 0.1) is 44.4 Å². The van der Waals surface area contributed by atoms with Gasteiger partial charge in [-0.2, -0.15) is 0 Å². The number of pyridine rings is 4. The molecule has 33 heteroatoms. The molecule has 8 N–H and O–H groups in total. The zero-order chi connectivity index (χ0) is 101. The van der Waals surface area contributed by atoms with Gasteiger partial charge in [-0.1, -0.05) is 55.4 Å². The van der Waals surface area contributed by atoms with Gasteiger partial charge in [-0.25, -0.2) is 39.9 Å². The topological polar surface area (TPSA) is 360 Å². The number of thiazole rings is 4. The van der Waals surface area contributed by atoms with Crippen LogP contribution in [-0.2, 0) is 0 Å². The molecule has 8 amide bonds. The molecule has 0 unspecified atom stereocenters. The van der Waals surface area contributed by atoms with Crippen molar-refractivity contribution in [2.75, 3.05) is 61.0 Å². The highest BCUT2D eigenvalue weighted by molar-refractivity contribution is 7.18. The van der Waals surface area contributed by atoms with E-state index in [1.54, 1.807) is 45.7 Å². The van der Waals surface area contributed by atoms with E-state index in [0.29, 0.717) is 89.4 Å². The quantitative estimate of drug-likeness (QED) is 0.0312. The lowest BCUT2D eigenvalue weighted by atomic mass is 9.88. The maximum absolute atomic E-state index is 13.5. The van der Waals surface area contributed by atoms with Gasteiger partial charge in [0.15, 0.2) is 20.0 Å². The SMILES string of the molecule is Cc1cc(NC(C)(C)C)ncc1-c1sc(C(=O)N(C)CC(C)(C)O)nc1C(=O)N1CCC[C@@H]1C.Cc1cc(NC(C)(C)C)ncc1-c1sc(C(=O)N[C@@H](C)C(C)(C)C)nc1C(=O)N1CCC[C@@H]1C.Cc1cc(NC(C)(C)C)ncc1-c1sc(C(=O)N[C@H](C)C(C)(C)C)nc1C(=O)N1CCC[C@@H]1C.Cc1cc(NC(C)(C)C)ncc1-c1sc(C(=O)N[C@H](C)C(C)C)nc1C(=O)N1CCC[C@@H]1C. The summed E-state index contributed by atoms with van der Waals surface area (Å²) in [6.07, 6.45) is 14.9. The molecule has 135 heavy (non-hydrogen) atoms. The number of amides is 8. The van der Waals surface area contributed by atoms with Crippen molar-refractivity contribution in [3.63, 3.8) is 0 Å². The molecular formula is C102H152N20O9S4. The van der Waals surface area contributed by atoms with Gasteiger partial charge in [0.1, 0.15) is 46.0 Å². The Bertz CT molecular complexity index is 5400. The van der Waals surface area contributed by atoms with E-state index < -0.39 is 5.60 Å². The molecule has 8 aromatic heterocycles. The van der Waals surface area contributed by atoms with Crippen LogP contribution in [0.2, 0.25) is 0 Å². The number of nitrogens with zero attached hydrogens (tertiary/aromatic N) is 13. The van der Waals surface area contributed by atoms with Crippen molar-refractivity contribution in [2.24, 2.45) is 16.7 Å². The van der Waals surface area contributed by atoms with Crippen LogP contribution in [0.15, 0.2) is 49.1 Å². The second kappa shape index (κ2) is 43.8. The number of rotatable bonds is 22. The fourth-order valence-electron chi connectivity index (χ4n) is 15.6. The predicted molar refractivity (Wildman–Crippen MR) is 551 cm³/mol. The highest BCUT2D eigenvalue weighted by atomic mass is 32.1. The smallest absolute Gasteiger partial charge is 0.282 e. The van der Waals surface area contributed by atoms with Gasteiger partial charge in [-0.15, -0.1) is 45.3 Å². The second-order valence-electron chi connectivity index (χ2n) is 44.4. The van der Waals surface area contributed by atoms with Crippen LogP contribution < -0.4 is 37.2 Å². The first-order valence-electron chi connectivity index (χ1n) is 47.6. The molecule has 4 fully saturated rings. The number of likely N-dealkylation sites (N-methyl/N-ethyl adjacent to an activating group) is 1. The number of aliphatic hydroxyl groups is 1. The van der Waals surface area contributed by atoms with Crippen LogP contribution in [0.1, 0.15) is 356 Å². The number of carbonyl (C=O) groups excluding carboxylic acids is 8. The highest BCUT2D eigenvalue weighted by Gasteiger charge is 2.40. The monoisotopic (exact) mass is 1930 g/mol. The minimum absolute atomic E-state index is 0.00812. The number of anilines is 4. The molecule has 0 aliphatic carbocycles. The van der Waals surface area contributed by atoms with Crippen LogP contribution in [0.25, 0.3) is 41.8 Å². The van der Waals surface area contributed by atoms with Gasteiger partial charge in [0.25, 0.3) is 47.3 Å². The number of carbonyl (C=O) groups is 8. The maximum atomic E-state index is 13.5. The Labute approximate surface area is 817 Å². The number of aromatic nitrogens is 8. The molecule has 738 valence electrons. The predicted octanol–water partition coefficient (Wildman–Crippen LogP) is 20.3. The lowest BCUT2D eigenvalue weighted by Crippen LogP contribution is -2.41.